The molecule has 5 nitrogen and oxygen atoms in total. The van der Waals surface area contributed by atoms with Gasteiger partial charge in [0.25, 0.3) is 0 Å². The summed E-state index contributed by atoms with van der Waals surface area (Å²) in [5.41, 5.74) is 1.73. The number of aliphatic hydroxyl groups is 1. The van der Waals surface area contributed by atoms with Crippen LogP contribution in [-0.2, 0) is 0 Å². The van der Waals surface area contributed by atoms with Gasteiger partial charge in [0.1, 0.15) is 0 Å². The fourth-order valence-corrected chi connectivity index (χ4v) is 2.56. The van der Waals surface area contributed by atoms with E-state index < -0.39 is 12.1 Å². The predicted molar refractivity (Wildman–Crippen MR) is 97.1 cm³/mol. The van der Waals surface area contributed by atoms with E-state index in [1.54, 1.807) is 24.3 Å². The van der Waals surface area contributed by atoms with Gasteiger partial charge in [-0.05, 0) is 40.6 Å². The monoisotopic (exact) mass is 331 g/mol. The van der Waals surface area contributed by atoms with Crippen molar-refractivity contribution in [2.75, 3.05) is 11.9 Å². The molecule has 1 unspecified atom stereocenters. The summed E-state index contributed by atoms with van der Waals surface area (Å²) < 4.78 is 0. The molecule has 0 saturated carbocycles. The third-order valence-corrected chi connectivity index (χ3v) is 3.86. The molecule has 0 aliphatic rings. The highest BCUT2D eigenvalue weighted by molar-refractivity contribution is 5.89. The maximum Gasteiger partial charge on any atom is 0.319 e. The lowest BCUT2D eigenvalue weighted by atomic mass is 10.0. The van der Waals surface area contributed by atoms with Crippen LogP contribution in [0.4, 0.5) is 10.5 Å². The van der Waals surface area contributed by atoms with Crippen LogP contribution in [0.25, 0.3) is 10.8 Å². The molecule has 0 aliphatic carbocycles. The Morgan fingerprint density at radius 3 is 2.64 bits per heavy atom. The Labute approximate surface area is 145 Å². The normalized spacial score (nSPS) is 11.5. The largest absolute Gasteiger partial charge is 0.387 e. The van der Waals surface area contributed by atoms with Gasteiger partial charge in [-0.25, -0.2) is 4.79 Å². The standard InChI is InChI=1S/C20H17N3O2/c21-12-14-4-3-7-18(10-14)23-20(25)22-13-19(24)17-9-8-15-5-1-2-6-16(15)11-17/h1-11,19,24H,13H2,(H2,22,23,25). The molecular formula is C20H17N3O2. The summed E-state index contributed by atoms with van der Waals surface area (Å²) >= 11 is 0. The Morgan fingerprint density at radius 1 is 1.04 bits per heavy atom. The Balaban J connectivity index is 1.59. The van der Waals surface area contributed by atoms with Gasteiger partial charge in [0.15, 0.2) is 0 Å². The van der Waals surface area contributed by atoms with Gasteiger partial charge in [0, 0.05) is 12.2 Å². The van der Waals surface area contributed by atoms with E-state index in [4.69, 9.17) is 5.26 Å². The van der Waals surface area contributed by atoms with E-state index in [1.165, 1.54) is 0 Å². The molecule has 0 spiro atoms. The van der Waals surface area contributed by atoms with Gasteiger partial charge in [0.2, 0.25) is 0 Å². The van der Waals surface area contributed by atoms with Crippen LogP contribution in [0.1, 0.15) is 17.2 Å². The van der Waals surface area contributed by atoms with Crippen LogP contribution in [-0.4, -0.2) is 17.7 Å². The number of rotatable bonds is 4. The van der Waals surface area contributed by atoms with E-state index in [-0.39, 0.29) is 6.54 Å². The molecule has 3 N–H and O–H groups in total. The van der Waals surface area contributed by atoms with Crippen molar-refractivity contribution in [3.63, 3.8) is 0 Å². The number of fused-ring (bicyclic) bond motifs is 1. The summed E-state index contributed by atoms with van der Waals surface area (Å²) in [5, 5.41) is 26.6. The molecule has 0 heterocycles. The van der Waals surface area contributed by atoms with E-state index in [1.807, 2.05) is 48.5 Å². The molecular weight excluding hydrogens is 314 g/mol. The zero-order valence-corrected chi connectivity index (χ0v) is 13.4. The number of aliphatic hydroxyl groups excluding tert-OH is 1. The lowest BCUT2D eigenvalue weighted by Crippen LogP contribution is -2.32. The molecule has 25 heavy (non-hydrogen) atoms. The summed E-state index contributed by atoms with van der Waals surface area (Å²) in [5.74, 6) is 0. The summed E-state index contributed by atoms with van der Waals surface area (Å²) in [4.78, 5) is 11.9. The van der Waals surface area contributed by atoms with Gasteiger partial charge in [-0.1, -0.05) is 42.5 Å². The van der Waals surface area contributed by atoms with Crippen molar-refractivity contribution in [2.24, 2.45) is 0 Å². The van der Waals surface area contributed by atoms with Crippen LogP contribution in [0.5, 0.6) is 0 Å². The van der Waals surface area contributed by atoms with Crippen molar-refractivity contribution in [3.05, 3.63) is 77.9 Å². The first-order chi connectivity index (χ1) is 12.2. The second kappa shape index (κ2) is 7.47. The van der Waals surface area contributed by atoms with Gasteiger partial charge in [-0.2, -0.15) is 5.26 Å². The van der Waals surface area contributed by atoms with Gasteiger partial charge >= 0.3 is 6.03 Å². The minimum Gasteiger partial charge on any atom is -0.387 e. The van der Waals surface area contributed by atoms with Gasteiger partial charge in [0.05, 0.1) is 17.7 Å². The molecule has 0 fully saturated rings. The predicted octanol–water partition coefficient (Wildman–Crippen LogP) is 3.57. The molecule has 3 aromatic carbocycles. The van der Waals surface area contributed by atoms with Crippen molar-refractivity contribution in [1.29, 1.82) is 5.26 Å². The number of hydrogen-bond acceptors (Lipinski definition) is 3. The lowest BCUT2D eigenvalue weighted by Gasteiger charge is -2.14. The average molecular weight is 331 g/mol. The number of nitrogens with zero attached hydrogens (tertiary/aromatic N) is 1. The molecule has 0 radical (unpaired) electrons. The van der Waals surface area contributed by atoms with E-state index in [0.717, 1.165) is 16.3 Å². The first kappa shape index (κ1) is 16.5. The number of anilines is 1. The van der Waals surface area contributed by atoms with Crippen LogP contribution < -0.4 is 10.6 Å². The molecule has 1 atom stereocenters. The topological polar surface area (TPSA) is 85.2 Å². The number of benzene rings is 3. The number of amides is 2. The Bertz CT molecular complexity index is 947. The average Bonchev–Trinajstić information content (AvgIpc) is 2.65. The first-order valence-electron chi connectivity index (χ1n) is 7.87. The molecule has 0 aliphatic heterocycles. The lowest BCUT2D eigenvalue weighted by molar-refractivity contribution is 0.175. The molecule has 2 amide bonds. The number of carbonyl (C=O) groups is 1. The second-order valence-electron chi connectivity index (χ2n) is 5.65. The third kappa shape index (κ3) is 4.14. The van der Waals surface area contributed by atoms with Crippen LogP contribution >= 0.6 is 0 Å². The maximum atomic E-state index is 11.9. The molecule has 0 bridgehead atoms. The quantitative estimate of drug-likeness (QED) is 0.683. The van der Waals surface area contributed by atoms with E-state index in [9.17, 15) is 9.90 Å². The van der Waals surface area contributed by atoms with E-state index >= 15 is 0 Å². The number of nitriles is 1. The maximum absolute atomic E-state index is 11.9. The molecule has 0 aromatic heterocycles. The highest BCUT2D eigenvalue weighted by Crippen LogP contribution is 2.20. The van der Waals surface area contributed by atoms with Crippen LogP contribution in [0.2, 0.25) is 0 Å². The fourth-order valence-electron chi connectivity index (χ4n) is 2.56. The Morgan fingerprint density at radius 2 is 1.84 bits per heavy atom. The smallest absolute Gasteiger partial charge is 0.319 e. The summed E-state index contributed by atoms with van der Waals surface area (Å²) in [6.07, 6.45) is -0.805. The summed E-state index contributed by atoms with van der Waals surface area (Å²) in [6, 6.07) is 21.8. The number of hydrogen-bond donors (Lipinski definition) is 3. The highest BCUT2D eigenvalue weighted by atomic mass is 16.3. The van der Waals surface area contributed by atoms with Crippen molar-refractivity contribution in [3.8, 4) is 6.07 Å². The zero-order chi connectivity index (χ0) is 17.6. The van der Waals surface area contributed by atoms with E-state index in [2.05, 4.69) is 10.6 Å². The SMILES string of the molecule is N#Cc1cccc(NC(=O)NCC(O)c2ccc3ccccc3c2)c1. The van der Waals surface area contributed by atoms with Crippen LogP contribution in [0.3, 0.4) is 0 Å². The van der Waals surface area contributed by atoms with Crippen molar-refractivity contribution < 1.29 is 9.90 Å². The van der Waals surface area contributed by atoms with Crippen molar-refractivity contribution in [2.45, 2.75) is 6.10 Å². The summed E-state index contributed by atoms with van der Waals surface area (Å²) in [6.45, 7) is 0.0854. The molecule has 5 heteroatoms. The molecule has 3 aromatic rings. The summed E-state index contributed by atoms with van der Waals surface area (Å²) in [7, 11) is 0. The van der Waals surface area contributed by atoms with Gasteiger partial charge < -0.3 is 15.7 Å². The highest BCUT2D eigenvalue weighted by Gasteiger charge is 2.10. The first-order valence-corrected chi connectivity index (χ1v) is 7.87. The number of carbonyl (C=O) groups excluding carboxylic acids is 1. The fraction of sp³-hybridized carbons (Fsp3) is 0.100. The van der Waals surface area contributed by atoms with E-state index in [0.29, 0.717) is 11.3 Å². The number of urea groups is 1. The minimum atomic E-state index is -0.805. The third-order valence-electron chi connectivity index (χ3n) is 3.86. The Kier molecular flexibility index (Phi) is 4.93. The zero-order valence-electron chi connectivity index (χ0n) is 13.4. The number of nitrogens with one attached hydrogen (secondary N) is 2. The van der Waals surface area contributed by atoms with Crippen LogP contribution in [0, 0.1) is 11.3 Å². The van der Waals surface area contributed by atoms with Crippen LogP contribution in [0.15, 0.2) is 66.7 Å². The van der Waals surface area contributed by atoms with Crippen molar-refractivity contribution >= 4 is 22.5 Å². The second-order valence-corrected chi connectivity index (χ2v) is 5.65. The van der Waals surface area contributed by atoms with Gasteiger partial charge in [-0.15, -0.1) is 0 Å². The molecule has 124 valence electrons. The Hall–Kier alpha value is -3.36. The minimum absolute atomic E-state index is 0.0854. The van der Waals surface area contributed by atoms with Crippen molar-refractivity contribution in [1.82, 2.24) is 5.32 Å². The molecule has 0 saturated heterocycles. The molecule has 3 rings (SSSR count). The van der Waals surface area contributed by atoms with Gasteiger partial charge in [-0.3, -0.25) is 0 Å².